The first-order valence-electron chi connectivity index (χ1n) is 8.53. The fourth-order valence-electron chi connectivity index (χ4n) is 2.73. The Labute approximate surface area is 175 Å². The second-order valence-corrected chi connectivity index (χ2v) is 6.88. The van der Waals surface area contributed by atoms with Gasteiger partial charge in [-0.15, -0.1) is 0 Å². The summed E-state index contributed by atoms with van der Waals surface area (Å²) >= 11 is 11.2. The van der Waals surface area contributed by atoms with Crippen LogP contribution in [0.3, 0.4) is 0 Å². The highest BCUT2D eigenvalue weighted by Gasteiger charge is 2.14. The number of oxazole rings is 1. The molecule has 4 rings (SSSR count). The molecule has 4 aromatic rings. The molecule has 0 bridgehead atoms. The zero-order chi connectivity index (χ0) is 20.4. The van der Waals surface area contributed by atoms with Gasteiger partial charge in [-0.3, -0.25) is 10.1 Å². The van der Waals surface area contributed by atoms with Gasteiger partial charge >= 0.3 is 0 Å². The van der Waals surface area contributed by atoms with Crippen LogP contribution in [0.5, 0.6) is 0 Å². The number of hydrogen-bond donors (Lipinski definition) is 2. The molecule has 2 N–H and O–H groups in total. The first kappa shape index (κ1) is 19.0. The van der Waals surface area contributed by atoms with Crippen LogP contribution in [-0.4, -0.2) is 16.0 Å². The van der Waals surface area contributed by atoms with Crippen LogP contribution in [0.25, 0.3) is 22.6 Å². The first-order chi connectivity index (χ1) is 14.0. The summed E-state index contributed by atoms with van der Waals surface area (Å²) in [6.07, 6.45) is 0. The number of anilines is 1. The van der Waals surface area contributed by atoms with Gasteiger partial charge < -0.3 is 9.73 Å². The van der Waals surface area contributed by atoms with E-state index < -0.39 is 11.7 Å². The summed E-state index contributed by atoms with van der Waals surface area (Å²) in [6, 6.07) is 18.0. The third-order valence-corrected chi connectivity index (χ3v) is 4.63. The van der Waals surface area contributed by atoms with Crippen molar-refractivity contribution < 1.29 is 13.6 Å². The monoisotopic (exact) mass is 425 g/mol. The van der Waals surface area contributed by atoms with Crippen molar-refractivity contribution in [3.05, 3.63) is 83.1 Å². The molecule has 5 nitrogen and oxygen atoms in total. The quantitative estimate of drug-likeness (QED) is 0.429. The molecule has 0 atom stereocenters. The minimum Gasteiger partial charge on any atom is -0.436 e. The predicted molar refractivity (Wildman–Crippen MR) is 115 cm³/mol. The summed E-state index contributed by atoms with van der Waals surface area (Å²) in [5.41, 5.74) is 2.21. The zero-order valence-electron chi connectivity index (χ0n) is 14.8. The van der Waals surface area contributed by atoms with E-state index in [2.05, 4.69) is 15.6 Å². The smallest absolute Gasteiger partial charge is 0.258 e. The van der Waals surface area contributed by atoms with Gasteiger partial charge in [0.2, 0.25) is 5.89 Å². The van der Waals surface area contributed by atoms with Crippen LogP contribution in [0.4, 0.5) is 10.1 Å². The lowest BCUT2D eigenvalue weighted by Gasteiger charge is -2.10. The van der Waals surface area contributed by atoms with E-state index in [1.165, 1.54) is 6.07 Å². The van der Waals surface area contributed by atoms with Crippen LogP contribution in [0, 0.1) is 5.82 Å². The summed E-state index contributed by atoms with van der Waals surface area (Å²) in [5.74, 6) is -0.650. The fraction of sp³-hybridized carbons (Fsp3) is 0. The first-order valence-corrected chi connectivity index (χ1v) is 9.32. The fourth-order valence-corrected chi connectivity index (χ4v) is 3.17. The number of amides is 1. The Balaban J connectivity index is 1.51. The number of fused-ring (bicyclic) bond motifs is 1. The Bertz CT molecular complexity index is 1240. The van der Waals surface area contributed by atoms with Gasteiger partial charge in [0.25, 0.3) is 5.91 Å². The molecule has 0 unspecified atom stereocenters. The summed E-state index contributed by atoms with van der Waals surface area (Å²) in [7, 11) is 0. The normalized spacial score (nSPS) is 10.7. The molecule has 0 saturated carbocycles. The lowest BCUT2D eigenvalue weighted by atomic mass is 10.2. The second kappa shape index (κ2) is 7.98. The largest absolute Gasteiger partial charge is 0.436 e. The highest BCUT2D eigenvalue weighted by Crippen LogP contribution is 2.27. The maximum absolute atomic E-state index is 14.0. The van der Waals surface area contributed by atoms with Crippen LogP contribution in [0.1, 0.15) is 10.4 Å². The molecule has 0 spiro atoms. The van der Waals surface area contributed by atoms with Crippen LogP contribution in [-0.2, 0) is 0 Å². The van der Waals surface area contributed by atoms with Gasteiger partial charge in [0, 0.05) is 5.69 Å². The van der Waals surface area contributed by atoms with Gasteiger partial charge in [-0.1, -0.05) is 35.9 Å². The third kappa shape index (κ3) is 4.11. The van der Waals surface area contributed by atoms with E-state index in [9.17, 15) is 9.18 Å². The molecular weight excluding hydrogens is 413 g/mol. The van der Waals surface area contributed by atoms with Crippen molar-refractivity contribution in [1.82, 2.24) is 10.3 Å². The van der Waals surface area contributed by atoms with E-state index in [1.807, 2.05) is 0 Å². The lowest BCUT2D eigenvalue weighted by Crippen LogP contribution is -2.34. The Morgan fingerprint density at radius 3 is 2.62 bits per heavy atom. The van der Waals surface area contributed by atoms with E-state index in [1.54, 1.807) is 60.7 Å². The molecule has 8 heteroatoms. The van der Waals surface area contributed by atoms with Crippen molar-refractivity contribution in [1.29, 1.82) is 0 Å². The third-order valence-electron chi connectivity index (χ3n) is 4.10. The molecule has 0 saturated heterocycles. The highest BCUT2D eigenvalue weighted by atomic mass is 35.5. The van der Waals surface area contributed by atoms with Crippen molar-refractivity contribution >= 4 is 51.6 Å². The standard InChI is InChI=1S/C21H13ClFN3O2S/c22-15-7-3-1-5-13(15)19(27)26-21(29)24-12-9-10-18-17(11-12)25-20(28-18)14-6-2-4-8-16(14)23/h1-11H,(H2,24,26,27,29). The number of halogens is 2. The highest BCUT2D eigenvalue weighted by molar-refractivity contribution is 7.80. The van der Waals surface area contributed by atoms with Crippen molar-refractivity contribution in [2.24, 2.45) is 0 Å². The number of rotatable bonds is 3. The summed E-state index contributed by atoms with van der Waals surface area (Å²) in [4.78, 5) is 16.6. The number of benzene rings is 3. The number of aromatic nitrogens is 1. The molecular formula is C21H13ClFN3O2S. The molecule has 29 heavy (non-hydrogen) atoms. The molecule has 144 valence electrons. The number of thiocarbonyl (C=S) groups is 1. The Morgan fingerprint density at radius 1 is 1.07 bits per heavy atom. The van der Waals surface area contributed by atoms with E-state index in [4.69, 9.17) is 28.2 Å². The van der Waals surface area contributed by atoms with Crippen LogP contribution in [0.2, 0.25) is 5.02 Å². The van der Waals surface area contributed by atoms with E-state index in [0.717, 1.165) is 0 Å². The number of nitrogens with zero attached hydrogens (tertiary/aromatic N) is 1. The topological polar surface area (TPSA) is 67.2 Å². The maximum Gasteiger partial charge on any atom is 0.258 e. The van der Waals surface area contributed by atoms with Gasteiger partial charge in [0.15, 0.2) is 10.7 Å². The van der Waals surface area contributed by atoms with Gasteiger partial charge in [-0.25, -0.2) is 9.37 Å². The molecule has 0 aliphatic rings. The van der Waals surface area contributed by atoms with Gasteiger partial charge in [-0.2, -0.15) is 0 Å². The summed E-state index contributed by atoms with van der Waals surface area (Å²) in [6.45, 7) is 0. The number of carbonyl (C=O) groups is 1. The molecule has 0 radical (unpaired) electrons. The van der Waals surface area contributed by atoms with Gasteiger partial charge in [0.05, 0.1) is 16.1 Å². The van der Waals surface area contributed by atoms with Crippen molar-refractivity contribution in [3.8, 4) is 11.5 Å². The number of nitrogens with one attached hydrogen (secondary N) is 2. The molecule has 0 fully saturated rings. The van der Waals surface area contributed by atoms with Crippen molar-refractivity contribution in [2.45, 2.75) is 0 Å². The molecule has 1 aromatic heterocycles. The average Bonchev–Trinajstić information content (AvgIpc) is 3.11. The lowest BCUT2D eigenvalue weighted by molar-refractivity contribution is 0.0978. The molecule has 1 amide bonds. The van der Waals surface area contributed by atoms with E-state index in [0.29, 0.717) is 27.4 Å². The molecule has 1 heterocycles. The van der Waals surface area contributed by atoms with E-state index >= 15 is 0 Å². The van der Waals surface area contributed by atoms with Crippen molar-refractivity contribution in [2.75, 3.05) is 5.32 Å². The van der Waals surface area contributed by atoms with Gasteiger partial charge in [0.1, 0.15) is 11.3 Å². The molecule has 0 aliphatic heterocycles. The predicted octanol–water partition coefficient (Wildman–Crippen LogP) is 5.41. The summed E-state index contributed by atoms with van der Waals surface area (Å²) < 4.78 is 19.6. The maximum atomic E-state index is 14.0. The minimum absolute atomic E-state index is 0.104. The SMILES string of the molecule is O=C(NC(=S)Nc1ccc2oc(-c3ccccc3F)nc2c1)c1ccccc1Cl. The molecule has 3 aromatic carbocycles. The Morgan fingerprint density at radius 2 is 1.83 bits per heavy atom. The second-order valence-electron chi connectivity index (χ2n) is 6.07. The number of hydrogen-bond acceptors (Lipinski definition) is 4. The van der Waals surface area contributed by atoms with Crippen LogP contribution < -0.4 is 10.6 Å². The minimum atomic E-state index is -0.419. The van der Waals surface area contributed by atoms with Gasteiger partial charge in [-0.05, 0) is 54.7 Å². The van der Waals surface area contributed by atoms with Crippen LogP contribution in [0.15, 0.2) is 71.1 Å². The summed E-state index contributed by atoms with van der Waals surface area (Å²) in [5, 5.41) is 5.93. The molecule has 0 aliphatic carbocycles. The van der Waals surface area contributed by atoms with E-state index in [-0.39, 0.29) is 16.6 Å². The zero-order valence-corrected chi connectivity index (χ0v) is 16.4. The number of carbonyl (C=O) groups excluding carboxylic acids is 1. The average molecular weight is 426 g/mol. The van der Waals surface area contributed by atoms with Crippen LogP contribution >= 0.6 is 23.8 Å². The Hall–Kier alpha value is -3.29. The Kier molecular flexibility index (Phi) is 5.24. The van der Waals surface area contributed by atoms with Crippen molar-refractivity contribution in [3.63, 3.8) is 0 Å².